The molecule has 1 aliphatic heterocycles. The molecule has 2 heterocycles. The summed E-state index contributed by atoms with van der Waals surface area (Å²) in [6, 6.07) is 10.4. The molecule has 144 valence electrons. The number of hydrogen-bond donors (Lipinski definition) is 3. The Morgan fingerprint density at radius 1 is 1.26 bits per heavy atom. The quantitative estimate of drug-likeness (QED) is 0.608. The van der Waals surface area contributed by atoms with E-state index in [1.54, 1.807) is 0 Å². The molecule has 0 saturated heterocycles. The molecule has 0 amide bonds. The molecule has 0 spiro atoms. The lowest BCUT2D eigenvalue weighted by Gasteiger charge is -2.17. The Balaban J connectivity index is 1.47. The van der Waals surface area contributed by atoms with Crippen LogP contribution in [0.25, 0.3) is 0 Å². The van der Waals surface area contributed by atoms with Crippen molar-refractivity contribution in [3.63, 3.8) is 0 Å². The van der Waals surface area contributed by atoms with Crippen LogP contribution in [0, 0.1) is 5.92 Å². The van der Waals surface area contributed by atoms with E-state index in [2.05, 4.69) is 52.2 Å². The van der Waals surface area contributed by atoms with Crippen molar-refractivity contribution >= 4 is 40.8 Å². The van der Waals surface area contributed by atoms with Crippen LogP contribution >= 0.6 is 23.2 Å². The van der Waals surface area contributed by atoms with Crippen molar-refractivity contribution in [3.05, 3.63) is 41.5 Å². The predicted octanol–water partition coefficient (Wildman–Crippen LogP) is 3.75. The van der Waals surface area contributed by atoms with Crippen LogP contribution in [0.5, 0.6) is 0 Å². The molecule has 8 heteroatoms. The highest BCUT2D eigenvalue weighted by Gasteiger charge is 2.51. The monoisotopic (exact) mass is 406 g/mol. The zero-order valence-electron chi connectivity index (χ0n) is 15.5. The Hall–Kier alpha value is -1.76. The Labute approximate surface area is 169 Å². The van der Waals surface area contributed by atoms with E-state index in [0.29, 0.717) is 25.0 Å². The van der Waals surface area contributed by atoms with E-state index in [1.807, 2.05) is 18.1 Å². The average molecular weight is 407 g/mol. The largest absolute Gasteiger partial charge is 0.369 e. The summed E-state index contributed by atoms with van der Waals surface area (Å²) in [5.74, 6) is 2.96. The number of alkyl halides is 2. The zero-order valence-corrected chi connectivity index (χ0v) is 17.0. The number of benzene rings is 1. The number of halogens is 2. The first-order valence-corrected chi connectivity index (χ1v) is 9.98. The van der Waals surface area contributed by atoms with Gasteiger partial charge in [0.2, 0.25) is 5.95 Å². The minimum Gasteiger partial charge on any atom is -0.369 e. The summed E-state index contributed by atoms with van der Waals surface area (Å²) < 4.78 is -0.593. The Kier molecular flexibility index (Phi) is 5.05. The van der Waals surface area contributed by atoms with Crippen LogP contribution in [0.4, 0.5) is 17.6 Å². The minimum atomic E-state index is -0.593. The summed E-state index contributed by atoms with van der Waals surface area (Å²) in [7, 11) is 1.96. The van der Waals surface area contributed by atoms with Crippen LogP contribution in [-0.4, -0.2) is 34.4 Å². The number of nitrogens with zero attached hydrogens (tertiary/aromatic N) is 3. The second kappa shape index (κ2) is 7.34. The fraction of sp³-hybridized carbons (Fsp3) is 0.474. The van der Waals surface area contributed by atoms with Crippen molar-refractivity contribution in [2.24, 2.45) is 5.92 Å². The SMILES string of the molecule is CC(CNc1nc(NCC2CC2(Cl)Cl)c2c(n1)N(C)NC2)c1ccccc1. The maximum atomic E-state index is 6.15. The van der Waals surface area contributed by atoms with Gasteiger partial charge in [-0.25, -0.2) is 5.43 Å². The first-order chi connectivity index (χ1) is 12.9. The highest BCUT2D eigenvalue weighted by Crippen LogP contribution is 2.53. The van der Waals surface area contributed by atoms with E-state index >= 15 is 0 Å². The molecule has 1 fully saturated rings. The molecule has 3 N–H and O–H groups in total. The molecule has 0 bridgehead atoms. The Bertz CT molecular complexity index is 813. The maximum absolute atomic E-state index is 6.15. The van der Waals surface area contributed by atoms with Crippen molar-refractivity contribution < 1.29 is 0 Å². The van der Waals surface area contributed by atoms with E-state index in [9.17, 15) is 0 Å². The number of nitrogens with one attached hydrogen (secondary N) is 3. The van der Waals surface area contributed by atoms with Crippen molar-refractivity contribution in [1.29, 1.82) is 0 Å². The molecule has 2 atom stereocenters. The van der Waals surface area contributed by atoms with Gasteiger partial charge in [0.05, 0.1) is 5.56 Å². The van der Waals surface area contributed by atoms with Crippen LogP contribution in [0.3, 0.4) is 0 Å². The van der Waals surface area contributed by atoms with E-state index in [0.717, 1.165) is 30.2 Å². The molecule has 0 radical (unpaired) electrons. The highest BCUT2D eigenvalue weighted by molar-refractivity contribution is 6.50. The van der Waals surface area contributed by atoms with Crippen LogP contribution in [-0.2, 0) is 6.54 Å². The van der Waals surface area contributed by atoms with Gasteiger partial charge in [-0.05, 0) is 17.9 Å². The van der Waals surface area contributed by atoms with Gasteiger partial charge < -0.3 is 10.6 Å². The summed E-state index contributed by atoms with van der Waals surface area (Å²) in [5.41, 5.74) is 5.63. The van der Waals surface area contributed by atoms with Gasteiger partial charge in [0.15, 0.2) is 5.82 Å². The minimum absolute atomic E-state index is 0.257. The lowest BCUT2D eigenvalue weighted by Crippen LogP contribution is -2.27. The molecular formula is C19H24Cl2N6. The van der Waals surface area contributed by atoms with E-state index in [1.165, 1.54) is 5.56 Å². The lowest BCUT2D eigenvalue weighted by molar-refractivity contribution is 0.730. The molecule has 2 aliphatic rings. The van der Waals surface area contributed by atoms with E-state index in [-0.39, 0.29) is 5.92 Å². The lowest BCUT2D eigenvalue weighted by atomic mass is 10.0. The van der Waals surface area contributed by atoms with Crippen molar-refractivity contribution in [1.82, 2.24) is 15.4 Å². The van der Waals surface area contributed by atoms with Gasteiger partial charge >= 0.3 is 0 Å². The topological polar surface area (TPSA) is 65.1 Å². The fourth-order valence-electron chi connectivity index (χ4n) is 3.26. The Morgan fingerprint density at radius 3 is 2.70 bits per heavy atom. The molecule has 1 aromatic heterocycles. The third-order valence-corrected chi connectivity index (χ3v) is 6.13. The van der Waals surface area contributed by atoms with Gasteiger partial charge in [-0.2, -0.15) is 9.97 Å². The second-order valence-electron chi connectivity index (χ2n) is 7.33. The van der Waals surface area contributed by atoms with Gasteiger partial charge in [0.1, 0.15) is 10.2 Å². The summed E-state index contributed by atoms with van der Waals surface area (Å²) in [6.45, 7) is 4.36. The molecule has 2 unspecified atom stereocenters. The predicted molar refractivity (Wildman–Crippen MR) is 112 cm³/mol. The molecule has 1 saturated carbocycles. The van der Waals surface area contributed by atoms with Gasteiger partial charge in [-0.15, -0.1) is 23.2 Å². The van der Waals surface area contributed by atoms with Crippen LogP contribution < -0.4 is 21.1 Å². The number of fused-ring (bicyclic) bond motifs is 1. The third-order valence-electron chi connectivity index (χ3n) is 5.20. The van der Waals surface area contributed by atoms with Crippen LogP contribution in [0.1, 0.15) is 30.4 Å². The smallest absolute Gasteiger partial charge is 0.226 e. The maximum Gasteiger partial charge on any atom is 0.226 e. The summed E-state index contributed by atoms with van der Waals surface area (Å²) >= 11 is 12.3. The second-order valence-corrected chi connectivity index (χ2v) is 8.87. The molecule has 2 aromatic rings. The molecule has 1 aliphatic carbocycles. The van der Waals surface area contributed by atoms with Crippen molar-refractivity contribution in [2.75, 3.05) is 35.8 Å². The van der Waals surface area contributed by atoms with Gasteiger partial charge in [0.25, 0.3) is 0 Å². The normalized spacial score (nSPS) is 20.9. The average Bonchev–Trinajstić information content (AvgIpc) is 3.11. The Morgan fingerprint density at radius 2 is 2.00 bits per heavy atom. The van der Waals surface area contributed by atoms with Crippen LogP contribution in [0.15, 0.2) is 30.3 Å². The van der Waals surface area contributed by atoms with E-state index in [4.69, 9.17) is 28.2 Å². The number of anilines is 3. The standard InChI is InChI=1S/C19H24Cl2N6/c1-12(13-6-4-3-5-7-13)9-23-18-25-16(22-10-14-8-19(14,20)21)15-11-24-27(2)17(15)26-18/h3-7,12,14,24H,8-11H2,1-2H3,(H2,22,23,25,26). The van der Waals surface area contributed by atoms with Gasteiger partial charge in [-0.3, -0.25) is 5.01 Å². The first-order valence-electron chi connectivity index (χ1n) is 9.22. The van der Waals surface area contributed by atoms with Crippen molar-refractivity contribution in [3.8, 4) is 0 Å². The zero-order chi connectivity index (χ0) is 19.0. The third kappa shape index (κ3) is 4.08. The number of rotatable bonds is 7. The molecule has 1 aromatic carbocycles. The number of aromatic nitrogens is 2. The summed E-state index contributed by atoms with van der Waals surface area (Å²) in [6.07, 6.45) is 0.814. The fourth-order valence-corrected chi connectivity index (χ4v) is 3.79. The molecule has 6 nitrogen and oxygen atoms in total. The summed E-state index contributed by atoms with van der Waals surface area (Å²) in [4.78, 5) is 9.39. The summed E-state index contributed by atoms with van der Waals surface area (Å²) in [5, 5.41) is 8.73. The van der Waals surface area contributed by atoms with E-state index < -0.39 is 4.33 Å². The van der Waals surface area contributed by atoms with Gasteiger partial charge in [0, 0.05) is 32.6 Å². The van der Waals surface area contributed by atoms with Crippen molar-refractivity contribution in [2.45, 2.75) is 30.1 Å². The van der Waals surface area contributed by atoms with Gasteiger partial charge in [-0.1, -0.05) is 37.3 Å². The van der Waals surface area contributed by atoms with Crippen LogP contribution in [0.2, 0.25) is 0 Å². The molecule has 4 rings (SSSR count). The molecule has 27 heavy (non-hydrogen) atoms. The first kappa shape index (κ1) is 18.6. The number of hydrazine groups is 1. The molecular weight excluding hydrogens is 383 g/mol. The number of hydrogen-bond acceptors (Lipinski definition) is 6. The highest BCUT2D eigenvalue weighted by atomic mass is 35.5.